The fraction of sp³-hybridized carbons (Fsp3) is 0.429. The van der Waals surface area contributed by atoms with Crippen LogP contribution in [-0.2, 0) is 0 Å². The van der Waals surface area contributed by atoms with E-state index in [1.165, 1.54) is 0 Å². The van der Waals surface area contributed by atoms with E-state index < -0.39 is 4.92 Å². The molecule has 82 valence electrons. The lowest BCUT2D eigenvalue weighted by Gasteiger charge is -2.03. The Morgan fingerprint density at radius 3 is 3.00 bits per heavy atom. The molecule has 1 aromatic rings. The van der Waals surface area contributed by atoms with Crippen LogP contribution in [-0.4, -0.2) is 33.2 Å². The zero-order valence-corrected chi connectivity index (χ0v) is 8.35. The van der Waals surface area contributed by atoms with Crippen LogP contribution >= 0.6 is 11.6 Å². The maximum absolute atomic E-state index is 10.5. The molecule has 0 aliphatic rings. The highest BCUT2D eigenvalue weighted by Crippen LogP contribution is 2.24. The van der Waals surface area contributed by atoms with Crippen molar-refractivity contribution >= 4 is 17.3 Å². The average Bonchev–Trinajstić information content (AvgIpc) is 2.18. The van der Waals surface area contributed by atoms with Gasteiger partial charge in [0.05, 0.1) is 11.5 Å². The lowest BCUT2D eigenvalue weighted by molar-refractivity contribution is -0.386. The average molecular weight is 234 g/mol. The van der Waals surface area contributed by atoms with Gasteiger partial charge < -0.3 is 9.84 Å². The van der Waals surface area contributed by atoms with E-state index >= 15 is 0 Å². The highest BCUT2D eigenvalue weighted by Gasteiger charge is 2.18. The Kier molecular flexibility index (Phi) is 4.19. The number of hydrogen-bond donors (Lipinski definition) is 1. The van der Waals surface area contributed by atoms with Crippen molar-refractivity contribution in [2.45, 2.75) is 6.42 Å². The monoisotopic (exact) mass is 233 g/mol. The fourth-order valence-electron chi connectivity index (χ4n) is 0.804. The summed E-state index contributed by atoms with van der Waals surface area (Å²) in [6, 6.07) is 0. The van der Waals surface area contributed by atoms with Crippen LogP contribution in [0.3, 0.4) is 0 Å². The van der Waals surface area contributed by atoms with Gasteiger partial charge in [0.25, 0.3) is 5.88 Å². The zero-order valence-electron chi connectivity index (χ0n) is 7.59. The predicted molar refractivity (Wildman–Crippen MR) is 50.9 cm³/mol. The van der Waals surface area contributed by atoms with Crippen LogP contribution in [0.1, 0.15) is 6.42 Å². The third kappa shape index (κ3) is 3.30. The van der Waals surface area contributed by atoms with E-state index in [2.05, 4.69) is 9.97 Å². The van der Waals surface area contributed by atoms with Gasteiger partial charge in [-0.1, -0.05) is 0 Å². The van der Waals surface area contributed by atoms with Crippen LogP contribution in [0.2, 0.25) is 5.28 Å². The van der Waals surface area contributed by atoms with Gasteiger partial charge >= 0.3 is 5.69 Å². The topological polar surface area (TPSA) is 98.4 Å². The molecule has 15 heavy (non-hydrogen) atoms. The minimum Gasteiger partial charge on any atom is -0.473 e. The molecule has 8 heteroatoms. The van der Waals surface area contributed by atoms with Gasteiger partial charge in [-0.15, -0.1) is 0 Å². The molecule has 0 unspecified atom stereocenters. The van der Waals surface area contributed by atoms with E-state index in [0.717, 1.165) is 6.20 Å². The van der Waals surface area contributed by atoms with E-state index in [1.54, 1.807) is 0 Å². The molecule has 7 nitrogen and oxygen atoms in total. The number of hydrogen-bond acceptors (Lipinski definition) is 6. The van der Waals surface area contributed by atoms with Crippen molar-refractivity contribution < 1.29 is 14.8 Å². The van der Waals surface area contributed by atoms with Crippen molar-refractivity contribution in [3.63, 3.8) is 0 Å². The number of aliphatic hydroxyl groups excluding tert-OH is 1. The molecule has 0 aliphatic carbocycles. The molecule has 0 fully saturated rings. The Morgan fingerprint density at radius 1 is 1.67 bits per heavy atom. The lowest BCUT2D eigenvalue weighted by Crippen LogP contribution is -2.04. The number of aromatic nitrogens is 2. The maximum atomic E-state index is 10.5. The zero-order chi connectivity index (χ0) is 11.3. The molecule has 0 radical (unpaired) electrons. The Balaban J connectivity index is 2.82. The summed E-state index contributed by atoms with van der Waals surface area (Å²) < 4.78 is 4.98. The van der Waals surface area contributed by atoms with Gasteiger partial charge in [0.1, 0.15) is 6.20 Å². The van der Waals surface area contributed by atoms with Crippen LogP contribution in [0, 0.1) is 10.1 Å². The third-order valence-electron chi connectivity index (χ3n) is 1.44. The van der Waals surface area contributed by atoms with E-state index in [1.807, 2.05) is 0 Å². The van der Waals surface area contributed by atoms with Gasteiger partial charge in [0.2, 0.25) is 5.28 Å². The van der Waals surface area contributed by atoms with Gasteiger partial charge in [-0.3, -0.25) is 10.1 Å². The quantitative estimate of drug-likeness (QED) is 0.350. The summed E-state index contributed by atoms with van der Waals surface area (Å²) in [7, 11) is 0. The van der Waals surface area contributed by atoms with Crippen molar-refractivity contribution in [3.8, 4) is 5.88 Å². The summed E-state index contributed by atoms with van der Waals surface area (Å²) >= 11 is 5.46. The van der Waals surface area contributed by atoms with Crippen LogP contribution in [0.5, 0.6) is 5.88 Å². The number of halogens is 1. The van der Waals surface area contributed by atoms with Gasteiger partial charge in [0, 0.05) is 13.0 Å². The second kappa shape index (κ2) is 5.42. The van der Waals surface area contributed by atoms with Crippen LogP contribution < -0.4 is 4.74 Å². The standard InChI is InChI=1S/C7H8ClN3O4/c8-7-9-4-5(11(13)14)6(10-7)15-3-1-2-12/h4,12H,1-3H2. The summed E-state index contributed by atoms with van der Waals surface area (Å²) in [6.45, 7) is 0.0668. The normalized spacial score (nSPS) is 10.0. The largest absolute Gasteiger partial charge is 0.473 e. The Labute approximate surface area is 89.8 Å². The Bertz CT molecular complexity index is 360. The summed E-state index contributed by atoms with van der Waals surface area (Å²) in [4.78, 5) is 16.9. The first-order valence-corrected chi connectivity index (χ1v) is 4.43. The Morgan fingerprint density at radius 2 is 2.40 bits per heavy atom. The van der Waals surface area contributed by atoms with Crippen molar-refractivity contribution in [3.05, 3.63) is 21.6 Å². The number of ether oxygens (including phenoxy) is 1. The van der Waals surface area contributed by atoms with Crippen molar-refractivity contribution in [2.24, 2.45) is 0 Å². The predicted octanol–water partition coefficient (Wildman–Crippen LogP) is 0.799. The summed E-state index contributed by atoms with van der Waals surface area (Å²) in [5, 5.41) is 18.9. The van der Waals surface area contributed by atoms with E-state index in [9.17, 15) is 10.1 Å². The highest BCUT2D eigenvalue weighted by molar-refractivity contribution is 6.28. The second-order valence-electron chi connectivity index (χ2n) is 2.51. The fourth-order valence-corrected chi connectivity index (χ4v) is 0.930. The molecule has 0 aromatic carbocycles. The van der Waals surface area contributed by atoms with Gasteiger partial charge in [-0.2, -0.15) is 4.98 Å². The number of nitrogens with zero attached hydrogens (tertiary/aromatic N) is 3. The Hall–Kier alpha value is -1.47. The first-order valence-electron chi connectivity index (χ1n) is 4.05. The maximum Gasteiger partial charge on any atom is 0.349 e. The molecule has 0 saturated carbocycles. The van der Waals surface area contributed by atoms with Gasteiger partial charge in [-0.05, 0) is 11.6 Å². The van der Waals surface area contributed by atoms with Gasteiger partial charge in [-0.25, -0.2) is 4.98 Å². The molecule has 0 saturated heterocycles. The SMILES string of the molecule is O=[N+]([O-])c1cnc(Cl)nc1OCCCO. The summed E-state index contributed by atoms with van der Waals surface area (Å²) in [6.07, 6.45) is 1.34. The number of aliphatic hydroxyl groups is 1. The van der Waals surface area contributed by atoms with E-state index in [0.29, 0.717) is 6.42 Å². The highest BCUT2D eigenvalue weighted by atomic mass is 35.5. The van der Waals surface area contributed by atoms with E-state index in [-0.39, 0.29) is 30.1 Å². The van der Waals surface area contributed by atoms with E-state index in [4.69, 9.17) is 21.4 Å². The van der Waals surface area contributed by atoms with Crippen molar-refractivity contribution in [2.75, 3.05) is 13.2 Å². The molecule has 0 spiro atoms. The molecular weight excluding hydrogens is 226 g/mol. The first-order chi connectivity index (χ1) is 7.15. The van der Waals surface area contributed by atoms with Crippen LogP contribution in [0.15, 0.2) is 6.20 Å². The van der Waals surface area contributed by atoms with Gasteiger partial charge in [0.15, 0.2) is 0 Å². The lowest BCUT2D eigenvalue weighted by atomic mass is 10.5. The smallest absolute Gasteiger partial charge is 0.349 e. The minimum atomic E-state index is -0.662. The molecule has 1 aromatic heterocycles. The van der Waals surface area contributed by atoms with Crippen molar-refractivity contribution in [1.82, 2.24) is 9.97 Å². The first kappa shape index (κ1) is 11.6. The molecule has 1 heterocycles. The molecule has 0 atom stereocenters. The third-order valence-corrected chi connectivity index (χ3v) is 1.63. The second-order valence-corrected chi connectivity index (χ2v) is 2.85. The molecule has 0 aliphatic heterocycles. The number of nitro groups is 1. The summed E-state index contributed by atoms with van der Waals surface area (Å²) in [5.74, 6) is -0.187. The molecule has 1 rings (SSSR count). The molecule has 1 N–H and O–H groups in total. The number of rotatable bonds is 5. The molecule has 0 amide bonds. The molecule has 0 bridgehead atoms. The van der Waals surface area contributed by atoms with Crippen LogP contribution in [0.4, 0.5) is 5.69 Å². The summed E-state index contributed by atoms with van der Waals surface area (Å²) in [5.41, 5.74) is -0.350. The van der Waals surface area contributed by atoms with Crippen LogP contribution in [0.25, 0.3) is 0 Å². The molecular formula is C7H8ClN3O4. The van der Waals surface area contributed by atoms with Crippen molar-refractivity contribution in [1.29, 1.82) is 0 Å². The minimum absolute atomic E-state index is 0.0629.